The van der Waals surface area contributed by atoms with E-state index in [0.29, 0.717) is 53.0 Å². The van der Waals surface area contributed by atoms with Crippen LogP contribution in [0.1, 0.15) is 105 Å². The van der Waals surface area contributed by atoms with Crippen LogP contribution in [0.5, 0.6) is 6.01 Å². The Morgan fingerprint density at radius 1 is 1.03 bits per heavy atom. The van der Waals surface area contributed by atoms with E-state index >= 15 is 0 Å². The predicted octanol–water partition coefficient (Wildman–Crippen LogP) is 7.18. The van der Waals surface area contributed by atoms with Crippen LogP contribution in [-0.2, 0) is 29.1 Å². The van der Waals surface area contributed by atoms with Crippen LogP contribution in [0.4, 0.5) is 9.18 Å². The Bertz CT molecular complexity index is 2620. The molecule has 342 valence electrons. The van der Waals surface area contributed by atoms with E-state index in [1.54, 1.807) is 51.3 Å². The van der Waals surface area contributed by atoms with Crippen molar-refractivity contribution >= 4 is 56.2 Å². The smallest absolute Gasteiger partial charge is 0.408 e. The zero-order valence-corrected chi connectivity index (χ0v) is 38.6. The van der Waals surface area contributed by atoms with Crippen molar-refractivity contribution in [3.05, 3.63) is 65.8 Å². The molecular weight excluding hydrogens is 862 g/mol. The topological polar surface area (TPSA) is 191 Å². The molecule has 1 saturated heterocycles. The number of carbonyl (C=O) groups is 4. The normalized spacial score (nSPS) is 25.3. The van der Waals surface area contributed by atoms with Crippen molar-refractivity contribution in [2.24, 2.45) is 5.92 Å². The van der Waals surface area contributed by atoms with Gasteiger partial charge in [-0.2, -0.15) is 4.98 Å². The van der Waals surface area contributed by atoms with Gasteiger partial charge < -0.3 is 25.0 Å². The number of rotatable bonds is 9. The van der Waals surface area contributed by atoms with E-state index in [2.05, 4.69) is 15.4 Å². The van der Waals surface area contributed by atoms with E-state index in [4.69, 9.17) is 19.4 Å². The van der Waals surface area contributed by atoms with Gasteiger partial charge in [0.05, 0.1) is 22.5 Å². The van der Waals surface area contributed by atoms with Crippen LogP contribution in [0.2, 0.25) is 0 Å². The molecule has 0 radical (unpaired) electrons. The summed E-state index contributed by atoms with van der Waals surface area (Å²) in [6.45, 7) is 10.7. The van der Waals surface area contributed by atoms with Crippen molar-refractivity contribution in [1.82, 2.24) is 34.8 Å². The third-order valence-electron chi connectivity index (χ3n) is 12.5. The molecule has 0 unspecified atom stereocenters. The van der Waals surface area contributed by atoms with Crippen LogP contribution in [0.15, 0.2) is 60.0 Å². The summed E-state index contributed by atoms with van der Waals surface area (Å²) >= 11 is 1.36. The molecule has 3 N–H and O–H groups in total. The molecule has 5 atom stereocenters. The fourth-order valence-electron chi connectivity index (χ4n) is 8.59. The van der Waals surface area contributed by atoms with Crippen molar-refractivity contribution in [3.63, 3.8) is 0 Å². The Morgan fingerprint density at radius 2 is 1.78 bits per heavy atom. The number of thiazole rings is 1. The average Bonchev–Trinajstić information content (AvgIpc) is 3.90. The van der Waals surface area contributed by atoms with Crippen molar-refractivity contribution in [1.29, 1.82) is 0 Å². The fourth-order valence-corrected chi connectivity index (χ4v) is 10.7. The highest BCUT2D eigenvalue weighted by atomic mass is 32.2. The average molecular weight is 918 g/mol. The van der Waals surface area contributed by atoms with Crippen molar-refractivity contribution < 1.29 is 41.5 Å². The highest BCUT2D eigenvalue weighted by Crippen LogP contribution is 2.48. The first-order valence-corrected chi connectivity index (χ1v) is 24.4. The summed E-state index contributed by atoms with van der Waals surface area (Å²) in [5.41, 5.74) is 0.559. The lowest BCUT2D eigenvalue weighted by Crippen LogP contribution is -2.58. The largest absolute Gasteiger partial charge is 0.459 e. The summed E-state index contributed by atoms with van der Waals surface area (Å²) in [6, 6.07) is 10.0. The van der Waals surface area contributed by atoms with E-state index < -0.39 is 73.8 Å². The molecule has 2 aliphatic carbocycles. The molecule has 3 fully saturated rings. The number of allylic oxidation sites excluding steroid dienone is 1. The monoisotopic (exact) mass is 917 g/mol. The quantitative estimate of drug-likeness (QED) is 0.145. The van der Waals surface area contributed by atoms with Gasteiger partial charge in [-0.05, 0) is 104 Å². The number of nitrogens with one attached hydrogen (secondary N) is 3. The van der Waals surface area contributed by atoms with E-state index in [-0.39, 0.29) is 43.7 Å². The number of aromatic nitrogens is 3. The Labute approximate surface area is 376 Å². The Morgan fingerprint density at radius 3 is 2.50 bits per heavy atom. The predicted molar refractivity (Wildman–Crippen MR) is 240 cm³/mol. The number of ether oxygens (including phenoxy) is 2. The van der Waals surface area contributed by atoms with Crippen LogP contribution >= 0.6 is 11.3 Å². The summed E-state index contributed by atoms with van der Waals surface area (Å²) in [5, 5.41) is 8.11. The molecule has 2 aliphatic heterocycles. The highest BCUT2D eigenvalue weighted by molar-refractivity contribution is 7.91. The van der Waals surface area contributed by atoms with Crippen molar-refractivity contribution in [2.45, 2.75) is 139 Å². The van der Waals surface area contributed by atoms with Crippen molar-refractivity contribution in [2.75, 3.05) is 6.54 Å². The lowest BCUT2D eigenvalue weighted by Gasteiger charge is -2.30. The first-order valence-electron chi connectivity index (χ1n) is 22.0. The molecule has 2 saturated carbocycles. The Kier molecular flexibility index (Phi) is 12.2. The molecule has 2 aromatic carbocycles. The first kappa shape index (κ1) is 45.2. The zero-order chi connectivity index (χ0) is 45.8. The molecular formula is C46H56FN7O8S2. The summed E-state index contributed by atoms with van der Waals surface area (Å²) in [4.78, 5) is 67.8. The second-order valence-electron chi connectivity index (χ2n) is 19.0. The second kappa shape index (κ2) is 17.2. The number of para-hydroxylation sites is 1. The van der Waals surface area contributed by atoms with Crippen LogP contribution in [0.3, 0.4) is 0 Å². The number of amides is 4. The number of imidazole rings is 1. The van der Waals surface area contributed by atoms with Gasteiger partial charge in [0.25, 0.3) is 11.9 Å². The van der Waals surface area contributed by atoms with Gasteiger partial charge in [-0.25, -0.2) is 22.6 Å². The van der Waals surface area contributed by atoms with Gasteiger partial charge in [-0.3, -0.25) is 23.7 Å². The summed E-state index contributed by atoms with van der Waals surface area (Å²) in [5.74, 6) is -2.83. The third-order valence-corrected chi connectivity index (χ3v) is 15.6. The zero-order valence-electron chi connectivity index (χ0n) is 37.0. The molecule has 4 amide bonds. The standard InChI is InChI=1S/C46H56FN7O8S2/c1-27(2)54-35-20-14-17-31(39-48-34(26-63-39)30-16-12-13-18-32(30)47)37(35)50-42(54)61-29-23-36-38(55)51-46(41(57)52-64(59,60)45(6)21-22-45)24-28(46)15-10-8-7-9-11-19-33(40(56)53(36)25-29)49-43(58)62-44(3,4)5/h10,12-18,20,26-29,33,36H,7-9,11,19,21-25H2,1-6H3,(H,49,58)(H,51,55)(H,52,57)/b15-10-/t28-,29-,33+,36+,46-/m1/s1. The maximum absolute atomic E-state index is 14.8. The SMILES string of the molecule is CC(C)n1c(O[C@@H]2C[C@H]3C(=O)N[C@]4(C(=O)NS(=O)(=O)C5(C)CC5)C[C@H]4/C=C\CCCCC[C@H](NC(=O)OC(C)(C)C)C(=O)N3C2)nc2c(-c3nc(-c4ccccc4F)cs3)cccc21. The maximum Gasteiger partial charge on any atom is 0.408 e. The second-order valence-corrected chi connectivity index (χ2v) is 22.0. The van der Waals surface area contributed by atoms with Gasteiger partial charge in [0.1, 0.15) is 45.7 Å². The summed E-state index contributed by atoms with van der Waals surface area (Å²) in [6.07, 6.45) is 6.33. The van der Waals surface area contributed by atoms with Crippen LogP contribution in [0.25, 0.3) is 32.9 Å². The van der Waals surface area contributed by atoms with Crippen LogP contribution < -0.4 is 20.1 Å². The minimum atomic E-state index is -4.03. The Hall–Kier alpha value is -5.36. The maximum atomic E-state index is 14.8. The fraction of sp³-hybridized carbons (Fsp3) is 0.522. The minimum Gasteiger partial charge on any atom is -0.459 e. The molecule has 2 aromatic heterocycles. The number of halogens is 1. The number of nitrogens with zero attached hydrogens (tertiary/aromatic N) is 4. The molecule has 4 heterocycles. The molecule has 64 heavy (non-hydrogen) atoms. The van der Waals surface area contributed by atoms with Gasteiger partial charge in [0, 0.05) is 34.9 Å². The van der Waals surface area contributed by atoms with Gasteiger partial charge in [-0.15, -0.1) is 11.3 Å². The minimum absolute atomic E-state index is 0.00204. The highest BCUT2D eigenvalue weighted by Gasteiger charge is 2.63. The number of hydrogen-bond acceptors (Lipinski definition) is 11. The van der Waals surface area contributed by atoms with Gasteiger partial charge >= 0.3 is 6.09 Å². The van der Waals surface area contributed by atoms with Gasteiger partial charge in [0.2, 0.25) is 21.8 Å². The first-order chi connectivity index (χ1) is 30.3. The number of benzene rings is 2. The molecule has 8 rings (SSSR count). The number of hydrogen-bond donors (Lipinski definition) is 3. The molecule has 4 aromatic rings. The van der Waals surface area contributed by atoms with Gasteiger partial charge in [-0.1, -0.05) is 43.2 Å². The van der Waals surface area contributed by atoms with Gasteiger partial charge in [0.15, 0.2) is 0 Å². The molecule has 4 aliphatic rings. The summed E-state index contributed by atoms with van der Waals surface area (Å²) in [7, 11) is -4.03. The van der Waals surface area contributed by atoms with Crippen LogP contribution in [0, 0.1) is 11.7 Å². The van der Waals surface area contributed by atoms with E-state index in [9.17, 15) is 32.0 Å². The number of carbonyl (C=O) groups excluding carboxylic acids is 4. The van der Waals surface area contributed by atoms with E-state index in [0.717, 1.165) is 18.4 Å². The lowest BCUT2D eigenvalue weighted by molar-refractivity contribution is -0.141. The molecule has 18 heteroatoms. The number of alkyl carbamates (subject to hydrolysis) is 1. The summed E-state index contributed by atoms with van der Waals surface area (Å²) < 4.78 is 56.7. The van der Waals surface area contributed by atoms with Crippen molar-refractivity contribution in [3.8, 4) is 27.8 Å². The number of sulfonamides is 1. The molecule has 15 nitrogen and oxygen atoms in total. The number of fused-ring (bicyclic) bond motifs is 3. The molecule has 0 bridgehead atoms. The Balaban J connectivity index is 1.12. The third kappa shape index (κ3) is 9.12. The van der Waals surface area contributed by atoms with E-state index in [1.807, 2.05) is 48.8 Å². The van der Waals surface area contributed by atoms with Crippen LogP contribution in [-0.4, -0.2) is 92.3 Å². The molecule has 0 spiro atoms. The lowest BCUT2D eigenvalue weighted by atomic mass is 10.0. The van der Waals surface area contributed by atoms with E-state index in [1.165, 1.54) is 22.3 Å².